The van der Waals surface area contributed by atoms with Crippen LogP contribution in [0, 0.1) is 11.8 Å². The standard InChI is InChI=1S/C20H32N2O/c1-17(2)10-13-21-20(23)19-11-15-22(16-12-19)14-6-9-18-7-4-3-5-8-18/h3-5,7-8,17,19H,6,9-16H2,1-2H3,(H,21,23). The van der Waals surface area contributed by atoms with E-state index >= 15 is 0 Å². The molecule has 3 heteroatoms. The summed E-state index contributed by atoms with van der Waals surface area (Å²) in [5.74, 6) is 1.16. The topological polar surface area (TPSA) is 32.3 Å². The number of aryl methyl sites for hydroxylation is 1. The van der Waals surface area contributed by atoms with E-state index in [0.717, 1.165) is 51.9 Å². The SMILES string of the molecule is CC(C)CCNC(=O)C1CCN(CCCc2ccccc2)CC1. The molecule has 0 radical (unpaired) electrons. The molecular weight excluding hydrogens is 284 g/mol. The number of amides is 1. The van der Waals surface area contributed by atoms with Crippen LogP contribution in [0.2, 0.25) is 0 Å². The number of rotatable bonds is 8. The molecule has 1 amide bonds. The van der Waals surface area contributed by atoms with Crippen LogP contribution in [0.5, 0.6) is 0 Å². The van der Waals surface area contributed by atoms with Crippen LogP contribution in [0.25, 0.3) is 0 Å². The Labute approximate surface area is 141 Å². The highest BCUT2D eigenvalue weighted by Crippen LogP contribution is 2.18. The molecule has 1 aromatic rings. The Morgan fingerprint density at radius 1 is 1.22 bits per heavy atom. The second kappa shape index (κ2) is 9.71. The van der Waals surface area contributed by atoms with E-state index in [1.54, 1.807) is 0 Å². The molecule has 1 aromatic carbocycles. The van der Waals surface area contributed by atoms with E-state index in [-0.39, 0.29) is 11.8 Å². The Bertz CT molecular complexity index is 450. The Morgan fingerprint density at radius 3 is 2.57 bits per heavy atom. The number of nitrogens with zero attached hydrogens (tertiary/aromatic N) is 1. The van der Waals surface area contributed by atoms with Crippen LogP contribution >= 0.6 is 0 Å². The quantitative estimate of drug-likeness (QED) is 0.796. The number of hydrogen-bond donors (Lipinski definition) is 1. The van der Waals surface area contributed by atoms with Gasteiger partial charge in [-0.05, 0) is 63.2 Å². The van der Waals surface area contributed by atoms with Gasteiger partial charge in [0.15, 0.2) is 0 Å². The van der Waals surface area contributed by atoms with E-state index < -0.39 is 0 Å². The summed E-state index contributed by atoms with van der Waals surface area (Å²) in [5.41, 5.74) is 1.42. The van der Waals surface area contributed by atoms with Crippen LogP contribution in [-0.2, 0) is 11.2 Å². The first-order valence-electron chi connectivity index (χ1n) is 9.19. The largest absolute Gasteiger partial charge is 0.356 e. The van der Waals surface area contributed by atoms with Crippen molar-refractivity contribution in [1.82, 2.24) is 10.2 Å². The highest BCUT2D eigenvalue weighted by molar-refractivity contribution is 5.78. The Balaban J connectivity index is 1.59. The van der Waals surface area contributed by atoms with Crippen molar-refractivity contribution < 1.29 is 4.79 Å². The fourth-order valence-electron chi connectivity index (χ4n) is 3.20. The molecule has 1 fully saturated rings. The van der Waals surface area contributed by atoms with Crippen LogP contribution in [0.1, 0.15) is 45.1 Å². The van der Waals surface area contributed by atoms with Gasteiger partial charge < -0.3 is 10.2 Å². The lowest BCUT2D eigenvalue weighted by Gasteiger charge is -2.31. The maximum absolute atomic E-state index is 12.2. The van der Waals surface area contributed by atoms with Gasteiger partial charge in [0.25, 0.3) is 0 Å². The van der Waals surface area contributed by atoms with Gasteiger partial charge in [0.1, 0.15) is 0 Å². The Morgan fingerprint density at radius 2 is 1.91 bits per heavy atom. The smallest absolute Gasteiger partial charge is 0.223 e. The molecule has 1 heterocycles. The molecular formula is C20H32N2O. The van der Waals surface area contributed by atoms with Crippen molar-refractivity contribution in [1.29, 1.82) is 0 Å². The van der Waals surface area contributed by atoms with Gasteiger partial charge >= 0.3 is 0 Å². The molecule has 0 atom stereocenters. The van der Waals surface area contributed by atoms with Crippen molar-refractivity contribution in [3.8, 4) is 0 Å². The van der Waals surface area contributed by atoms with Crippen LogP contribution in [-0.4, -0.2) is 37.0 Å². The van der Waals surface area contributed by atoms with Crippen LogP contribution in [0.3, 0.4) is 0 Å². The van der Waals surface area contributed by atoms with Crippen molar-refractivity contribution in [2.45, 2.75) is 46.0 Å². The normalized spacial score (nSPS) is 16.7. The minimum absolute atomic E-state index is 0.229. The molecule has 0 aliphatic carbocycles. The Kier molecular flexibility index (Phi) is 7.60. The van der Waals surface area contributed by atoms with Crippen molar-refractivity contribution in [2.75, 3.05) is 26.2 Å². The maximum Gasteiger partial charge on any atom is 0.223 e. The third-order valence-corrected chi connectivity index (χ3v) is 4.76. The molecule has 0 spiro atoms. The fourth-order valence-corrected chi connectivity index (χ4v) is 3.20. The molecule has 0 bridgehead atoms. The molecule has 0 aromatic heterocycles. The molecule has 3 nitrogen and oxygen atoms in total. The molecule has 0 unspecified atom stereocenters. The van der Waals surface area contributed by atoms with Crippen molar-refractivity contribution >= 4 is 5.91 Å². The highest BCUT2D eigenvalue weighted by Gasteiger charge is 2.24. The van der Waals surface area contributed by atoms with Crippen molar-refractivity contribution in [3.63, 3.8) is 0 Å². The lowest BCUT2D eigenvalue weighted by atomic mass is 9.95. The van der Waals surface area contributed by atoms with Gasteiger partial charge in [-0.1, -0.05) is 44.2 Å². The first-order chi connectivity index (χ1) is 11.1. The lowest BCUT2D eigenvalue weighted by Crippen LogP contribution is -2.41. The second-order valence-electron chi connectivity index (χ2n) is 7.18. The second-order valence-corrected chi connectivity index (χ2v) is 7.18. The molecule has 2 rings (SSSR count). The number of benzene rings is 1. The zero-order chi connectivity index (χ0) is 16.5. The lowest BCUT2D eigenvalue weighted by molar-refractivity contribution is -0.126. The van der Waals surface area contributed by atoms with E-state index in [4.69, 9.17) is 0 Å². The van der Waals surface area contributed by atoms with Gasteiger partial charge in [-0.25, -0.2) is 0 Å². The molecule has 0 saturated carbocycles. The average molecular weight is 316 g/mol. The number of likely N-dealkylation sites (tertiary alicyclic amines) is 1. The zero-order valence-corrected chi connectivity index (χ0v) is 14.8. The Hall–Kier alpha value is -1.35. The van der Waals surface area contributed by atoms with E-state index in [1.807, 2.05) is 0 Å². The van der Waals surface area contributed by atoms with Gasteiger partial charge in [0.2, 0.25) is 5.91 Å². The number of hydrogen-bond acceptors (Lipinski definition) is 2. The summed E-state index contributed by atoms with van der Waals surface area (Å²) in [6.07, 6.45) is 5.45. The first-order valence-corrected chi connectivity index (χ1v) is 9.19. The third kappa shape index (κ3) is 6.74. The minimum Gasteiger partial charge on any atom is -0.356 e. The van der Waals surface area contributed by atoms with Crippen LogP contribution in [0.15, 0.2) is 30.3 Å². The number of piperidine rings is 1. The maximum atomic E-state index is 12.2. The van der Waals surface area contributed by atoms with Crippen LogP contribution in [0.4, 0.5) is 0 Å². The summed E-state index contributed by atoms with van der Waals surface area (Å²) < 4.78 is 0. The summed E-state index contributed by atoms with van der Waals surface area (Å²) in [4.78, 5) is 14.7. The first kappa shape index (κ1) is 18.0. The molecule has 1 saturated heterocycles. The summed E-state index contributed by atoms with van der Waals surface area (Å²) >= 11 is 0. The molecule has 23 heavy (non-hydrogen) atoms. The predicted octanol–water partition coefficient (Wildman–Crippen LogP) is 3.49. The summed E-state index contributed by atoms with van der Waals surface area (Å²) in [5, 5.41) is 3.11. The monoisotopic (exact) mass is 316 g/mol. The van der Waals surface area contributed by atoms with Gasteiger partial charge in [0, 0.05) is 12.5 Å². The predicted molar refractivity (Wildman–Crippen MR) is 96.4 cm³/mol. The summed E-state index contributed by atoms with van der Waals surface area (Å²) in [6.45, 7) is 8.50. The summed E-state index contributed by atoms with van der Waals surface area (Å²) in [6, 6.07) is 10.7. The number of carbonyl (C=O) groups is 1. The van der Waals surface area contributed by atoms with Gasteiger partial charge in [0.05, 0.1) is 0 Å². The number of carbonyl (C=O) groups excluding carboxylic acids is 1. The van der Waals surface area contributed by atoms with E-state index in [1.165, 1.54) is 12.0 Å². The zero-order valence-electron chi connectivity index (χ0n) is 14.8. The van der Waals surface area contributed by atoms with E-state index in [2.05, 4.69) is 54.4 Å². The average Bonchev–Trinajstić information content (AvgIpc) is 2.56. The minimum atomic E-state index is 0.229. The van der Waals surface area contributed by atoms with E-state index in [9.17, 15) is 4.79 Å². The van der Waals surface area contributed by atoms with Crippen LogP contribution < -0.4 is 5.32 Å². The summed E-state index contributed by atoms with van der Waals surface area (Å²) in [7, 11) is 0. The molecule has 1 aliphatic heterocycles. The van der Waals surface area contributed by atoms with Crippen molar-refractivity contribution in [2.24, 2.45) is 11.8 Å². The highest BCUT2D eigenvalue weighted by atomic mass is 16.1. The van der Waals surface area contributed by atoms with Gasteiger partial charge in [-0.2, -0.15) is 0 Å². The fraction of sp³-hybridized carbons (Fsp3) is 0.650. The molecule has 128 valence electrons. The third-order valence-electron chi connectivity index (χ3n) is 4.76. The number of nitrogens with one attached hydrogen (secondary N) is 1. The molecule has 1 N–H and O–H groups in total. The van der Waals surface area contributed by atoms with Gasteiger partial charge in [-0.3, -0.25) is 4.79 Å². The molecule has 1 aliphatic rings. The van der Waals surface area contributed by atoms with Crippen molar-refractivity contribution in [3.05, 3.63) is 35.9 Å². The van der Waals surface area contributed by atoms with Gasteiger partial charge in [-0.15, -0.1) is 0 Å². The van der Waals surface area contributed by atoms with E-state index in [0.29, 0.717) is 5.92 Å².